The summed E-state index contributed by atoms with van der Waals surface area (Å²) in [6.45, 7) is 1.94. The van der Waals surface area contributed by atoms with Crippen molar-refractivity contribution in [2.75, 3.05) is 5.73 Å². The van der Waals surface area contributed by atoms with Gasteiger partial charge in [-0.1, -0.05) is 0 Å². The number of nitrogens with zero attached hydrogens (tertiary/aromatic N) is 5. The molecule has 0 saturated heterocycles. The lowest BCUT2D eigenvalue weighted by molar-refractivity contribution is 1.20. The van der Waals surface area contributed by atoms with Crippen LogP contribution in [-0.4, -0.2) is 0 Å². The lowest BCUT2D eigenvalue weighted by Crippen LogP contribution is -1.84. The van der Waals surface area contributed by atoms with E-state index in [0.717, 1.165) is 16.9 Å². The normalized spacial score (nSPS) is 11.1. The van der Waals surface area contributed by atoms with Gasteiger partial charge >= 0.3 is 0 Å². The molecular formula is C20H16N6. The molecule has 26 heavy (non-hydrogen) atoms. The van der Waals surface area contributed by atoms with Crippen LogP contribution in [0.3, 0.4) is 0 Å². The topological polar surface area (TPSA) is 99.2 Å². The van der Waals surface area contributed by atoms with Gasteiger partial charge in [0.05, 0.1) is 34.4 Å². The molecule has 6 nitrogen and oxygen atoms in total. The van der Waals surface area contributed by atoms with E-state index in [1.807, 2.05) is 43.3 Å². The summed E-state index contributed by atoms with van der Waals surface area (Å²) in [7, 11) is 0. The van der Waals surface area contributed by atoms with Gasteiger partial charge in [0.15, 0.2) is 0 Å². The van der Waals surface area contributed by atoms with Gasteiger partial charge < -0.3 is 5.73 Å². The number of rotatable bonds is 4. The van der Waals surface area contributed by atoms with Gasteiger partial charge in [0.25, 0.3) is 0 Å². The molecule has 0 aliphatic rings. The van der Waals surface area contributed by atoms with Crippen molar-refractivity contribution < 1.29 is 0 Å². The van der Waals surface area contributed by atoms with Crippen molar-refractivity contribution >= 4 is 28.4 Å². The first-order valence-electron chi connectivity index (χ1n) is 7.94. The van der Waals surface area contributed by atoms with Crippen LogP contribution >= 0.6 is 0 Å². The van der Waals surface area contributed by atoms with Gasteiger partial charge in [-0.15, -0.1) is 0 Å². The van der Waals surface area contributed by atoms with E-state index in [2.05, 4.69) is 26.5 Å². The molecule has 0 aliphatic carbocycles. The SMILES string of the molecule is Cc1cc(N)ccc1/N=N/c1ccc(/N=N/c2ccc(C#N)cc2)cc1. The molecule has 0 radical (unpaired) electrons. The number of nitriles is 1. The molecule has 0 aromatic heterocycles. The smallest absolute Gasteiger partial charge is 0.0991 e. The van der Waals surface area contributed by atoms with Gasteiger partial charge in [-0.3, -0.25) is 0 Å². The minimum Gasteiger partial charge on any atom is -0.399 e. The summed E-state index contributed by atoms with van der Waals surface area (Å²) in [6.07, 6.45) is 0. The Kier molecular flexibility index (Phi) is 5.11. The number of anilines is 1. The summed E-state index contributed by atoms with van der Waals surface area (Å²) in [5.74, 6) is 0. The summed E-state index contributed by atoms with van der Waals surface area (Å²) in [4.78, 5) is 0. The largest absolute Gasteiger partial charge is 0.399 e. The van der Waals surface area contributed by atoms with Crippen LogP contribution in [0.5, 0.6) is 0 Å². The van der Waals surface area contributed by atoms with E-state index in [1.54, 1.807) is 30.3 Å². The number of nitrogens with two attached hydrogens (primary N) is 1. The van der Waals surface area contributed by atoms with Crippen molar-refractivity contribution in [2.24, 2.45) is 20.5 Å². The predicted molar refractivity (Wildman–Crippen MR) is 102 cm³/mol. The second-order valence-corrected chi connectivity index (χ2v) is 5.62. The van der Waals surface area contributed by atoms with Crippen molar-refractivity contribution in [1.29, 1.82) is 5.26 Å². The molecule has 126 valence electrons. The highest BCUT2D eigenvalue weighted by Gasteiger charge is 1.98. The van der Waals surface area contributed by atoms with Crippen molar-refractivity contribution in [3.8, 4) is 6.07 Å². The van der Waals surface area contributed by atoms with Crippen molar-refractivity contribution in [2.45, 2.75) is 6.92 Å². The molecule has 3 aromatic rings. The Morgan fingerprint density at radius 3 is 1.73 bits per heavy atom. The zero-order chi connectivity index (χ0) is 18.4. The molecule has 3 aromatic carbocycles. The fraction of sp³-hybridized carbons (Fsp3) is 0.0500. The van der Waals surface area contributed by atoms with E-state index in [0.29, 0.717) is 22.6 Å². The quantitative estimate of drug-likeness (QED) is 0.446. The summed E-state index contributed by atoms with van der Waals surface area (Å²) >= 11 is 0. The Bertz CT molecular complexity index is 996. The third kappa shape index (κ3) is 4.36. The van der Waals surface area contributed by atoms with Gasteiger partial charge in [0.2, 0.25) is 0 Å². The molecule has 0 atom stereocenters. The molecule has 3 rings (SSSR count). The Labute approximate surface area is 151 Å². The maximum Gasteiger partial charge on any atom is 0.0991 e. The van der Waals surface area contributed by atoms with Crippen LogP contribution in [0.4, 0.5) is 28.4 Å². The molecular weight excluding hydrogens is 324 g/mol. The average Bonchev–Trinajstić information content (AvgIpc) is 2.67. The first-order valence-corrected chi connectivity index (χ1v) is 7.94. The monoisotopic (exact) mass is 340 g/mol. The first kappa shape index (κ1) is 17.0. The van der Waals surface area contributed by atoms with Crippen LogP contribution in [0.15, 0.2) is 87.2 Å². The fourth-order valence-corrected chi connectivity index (χ4v) is 2.21. The fourth-order valence-electron chi connectivity index (χ4n) is 2.21. The van der Waals surface area contributed by atoms with Crippen LogP contribution < -0.4 is 5.73 Å². The van der Waals surface area contributed by atoms with Crippen LogP contribution in [-0.2, 0) is 0 Å². The Morgan fingerprint density at radius 2 is 1.23 bits per heavy atom. The maximum atomic E-state index is 8.78. The van der Waals surface area contributed by atoms with Crippen LogP contribution in [0, 0.1) is 18.3 Å². The number of aryl methyl sites for hydroxylation is 1. The van der Waals surface area contributed by atoms with Gasteiger partial charge in [0, 0.05) is 5.69 Å². The van der Waals surface area contributed by atoms with E-state index in [1.165, 1.54) is 0 Å². The minimum atomic E-state index is 0.593. The Balaban J connectivity index is 1.68. The third-order valence-corrected chi connectivity index (χ3v) is 3.62. The second-order valence-electron chi connectivity index (χ2n) is 5.62. The van der Waals surface area contributed by atoms with E-state index < -0.39 is 0 Å². The highest BCUT2D eigenvalue weighted by Crippen LogP contribution is 2.25. The summed E-state index contributed by atoms with van der Waals surface area (Å²) in [6, 6.07) is 21.8. The molecule has 0 unspecified atom stereocenters. The highest BCUT2D eigenvalue weighted by molar-refractivity contribution is 5.54. The molecule has 0 fully saturated rings. The molecule has 0 amide bonds. The second kappa shape index (κ2) is 7.81. The minimum absolute atomic E-state index is 0.593. The van der Waals surface area contributed by atoms with Gasteiger partial charge in [0.1, 0.15) is 0 Å². The van der Waals surface area contributed by atoms with Gasteiger partial charge in [-0.05, 0) is 79.2 Å². The van der Waals surface area contributed by atoms with E-state index in [-0.39, 0.29) is 0 Å². The van der Waals surface area contributed by atoms with Crippen molar-refractivity contribution in [3.05, 3.63) is 77.9 Å². The average molecular weight is 340 g/mol. The van der Waals surface area contributed by atoms with Gasteiger partial charge in [-0.25, -0.2) is 0 Å². The zero-order valence-electron chi connectivity index (χ0n) is 14.2. The maximum absolute atomic E-state index is 8.78. The molecule has 0 saturated carbocycles. The number of benzene rings is 3. The van der Waals surface area contributed by atoms with Crippen molar-refractivity contribution in [1.82, 2.24) is 0 Å². The Hall–Kier alpha value is -3.85. The third-order valence-electron chi connectivity index (χ3n) is 3.62. The first-order chi connectivity index (χ1) is 12.6. The molecule has 0 spiro atoms. The molecule has 0 heterocycles. The number of hydrogen-bond donors (Lipinski definition) is 1. The summed E-state index contributed by atoms with van der Waals surface area (Å²) in [5.41, 5.74) is 10.9. The van der Waals surface area contributed by atoms with Crippen molar-refractivity contribution in [3.63, 3.8) is 0 Å². The number of azo groups is 2. The Morgan fingerprint density at radius 1 is 0.731 bits per heavy atom. The van der Waals surface area contributed by atoms with Crippen LogP contribution in [0.2, 0.25) is 0 Å². The molecule has 6 heteroatoms. The predicted octanol–water partition coefficient (Wildman–Crippen LogP) is 6.28. The molecule has 0 bridgehead atoms. The molecule has 0 aliphatic heterocycles. The van der Waals surface area contributed by atoms with Crippen LogP contribution in [0.25, 0.3) is 0 Å². The standard InChI is InChI=1S/C20H16N6/c1-14-12-16(22)4-11-20(14)26-25-19-9-7-18(8-10-19)24-23-17-5-2-15(13-21)3-6-17/h2-12H,22H2,1H3/b24-23+,26-25+. The van der Waals surface area contributed by atoms with E-state index >= 15 is 0 Å². The summed E-state index contributed by atoms with van der Waals surface area (Å²) < 4.78 is 0. The van der Waals surface area contributed by atoms with Gasteiger partial charge in [-0.2, -0.15) is 25.7 Å². The number of hydrogen-bond acceptors (Lipinski definition) is 6. The lowest BCUT2D eigenvalue weighted by atomic mass is 10.2. The van der Waals surface area contributed by atoms with E-state index in [9.17, 15) is 0 Å². The number of nitrogen functional groups attached to an aromatic ring is 1. The molecule has 2 N–H and O–H groups in total. The zero-order valence-corrected chi connectivity index (χ0v) is 14.2. The van der Waals surface area contributed by atoms with Crippen LogP contribution in [0.1, 0.15) is 11.1 Å². The lowest BCUT2D eigenvalue weighted by Gasteiger charge is -2.00. The highest BCUT2D eigenvalue weighted by atomic mass is 15.1. The van der Waals surface area contributed by atoms with E-state index in [4.69, 9.17) is 11.0 Å². The summed E-state index contributed by atoms with van der Waals surface area (Å²) in [5, 5.41) is 25.6.